The summed E-state index contributed by atoms with van der Waals surface area (Å²) in [6.45, 7) is 0.694. The number of piperidine rings is 1. The Bertz CT molecular complexity index is 434. The van der Waals surface area contributed by atoms with Crippen molar-refractivity contribution in [2.24, 2.45) is 0 Å². The summed E-state index contributed by atoms with van der Waals surface area (Å²) in [5.74, 6) is 0.0925. The van der Waals surface area contributed by atoms with Crippen LogP contribution in [0.25, 0.3) is 0 Å². The third-order valence-corrected chi connectivity index (χ3v) is 3.31. The molecule has 0 aliphatic carbocycles. The van der Waals surface area contributed by atoms with Crippen LogP contribution in [0.3, 0.4) is 0 Å². The van der Waals surface area contributed by atoms with Gasteiger partial charge in [0.1, 0.15) is 0 Å². The Kier molecular flexibility index (Phi) is 3.26. The smallest absolute Gasteiger partial charge is 0.227 e. The standard InChI is InChI=1S/C11H12Cl2N2O/c12-7-5-8(13)10(6-9(7)14)15-4-2-1-3-11(15)16/h5-6H,1-4,14H2. The number of nitrogen functional groups attached to an aromatic ring is 1. The zero-order chi connectivity index (χ0) is 11.7. The highest BCUT2D eigenvalue weighted by molar-refractivity contribution is 6.38. The lowest BCUT2D eigenvalue weighted by molar-refractivity contribution is -0.119. The largest absolute Gasteiger partial charge is 0.397 e. The molecule has 0 bridgehead atoms. The van der Waals surface area contributed by atoms with Gasteiger partial charge in [-0.15, -0.1) is 0 Å². The minimum Gasteiger partial charge on any atom is -0.397 e. The van der Waals surface area contributed by atoms with E-state index in [9.17, 15) is 4.79 Å². The van der Waals surface area contributed by atoms with Crippen LogP contribution in [0.4, 0.5) is 11.4 Å². The molecule has 0 spiro atoms. The molecule has 1 aromatic carbocycles. The molecule has 5 heteroatoms. The molecule has 0 saturated carbocycles. The Balaban J connectivity index is 2.39. The highest BCUT2D eigenvalue weighted by Gasteiger charge is 2.22. The second kappa shape index (κ2) is 4.52. The Labute approximate surface area is 104 Å². The van der Waals surface area contributed by atoms with Crippen molar-refractivity contribution in [3.05, 3.63) is 22.2 Å². The van der Waals surface area contributed by atoms with Gasteiger partial charge in [0.2, 0.25) is 5.91 Å². The summed E-state index contributed by atoms with van der Waals surface area (Å²) in [4.78, 5) is 13.4. The number of nitrogens with zero attached hydrogens (tertiary/aromatic N) is 1. The van der Waals surface area contributed by atoms with Gasteiger partial charge in [0.15, 0.2) is 0 Å². The van der Waals surface area contributed by atoms with E-state index in [0.29, 0.717) is 34.4 Å². The van der Waals surface area contributed by atoms with Crippen LogP contribution in [0.1, 0.15) is 19.3 Å². The Hall–Kier alpha value is -0.930. The number of carbonyl (C=O) groups is 1. The molecule has 16 heavy (non-hydrogen) atoms. The monoisotopic (exact) mass is 258 g/mol. The van der Waals surface area contributed by atoms with Crippen molar-refractivity contribution >= 4 is 40.5 Å². The molecule has 0 atom stereocenters. The van der Waals surface area contributed by atoms with Crippen LogP contribution in [-0.2, 0) is 4.79 Å². The normalized spacial score (nSPS) is 16.6. The average molecular weight is 259 g/mol. The number of halogens is 2. The third kappa shape index (κ3) is 2.11. The molecule has 1 fully saturated rings. The van der Waals surface area contributed by atoms with E-state index in [4.69, 9.17) is 28.9 Å². The van der Waals surface area contributed by atoms with Crippen molar-refractivity contribution in [2.45, 2.75) is 19.3 Å². The summed E-state index contributed by atoms with van der Waals surface area (Å²) in [6.07, 6.45) is 2.50. The highest BCUT2D eigenvalue weighted by Crippen LogP contribution is 2.34. The molecule has 1 aliphatic rings. The quantitative estimate of drug-likeness (QED) is 0.787. The molecule has 0 radical (unpaired) electrons. The molecule has 0 aromatic heterocycles. The number of rotatable bonds is 1. The minimum absolute atomic E-state index is 0.0925. The lowest BCUT2D eigenvalue weighted by Crippen LogP contribution is -2.35. The summed E-state index contributed by atoms with van der Waals surface area (Å²) < 4.78 is 0. The number of benzene rings is 1. The number of hydrogen-bond acceptors (Lipinski definition) is 2. The van der Waals surface area contributed by atoms with Gasteiger partial charge in [0.05, 0.1) is 21.4 Å². The second-order valence-electron chi connectivity index (χ2n) is 3.83. The van der Waals surface area contributed by atoms with Crippen LogP contribution in [-0.4, -0.2) is 12.5 Å². The van der Waals surface area contributed by atoms with Gasteiger partial charge >= 0.3 is 0 Å². The Morgan fingerprint density at radius 1 is 1.19 bits per heavy atom. The van der Waals surface area contributed by atoms with Crippen LogP contribution in [0.15, 0.2) is 12.1 Å². The minimum atomic E-state index is 0.0925. The van der Waals surface area contributed by atoms with Gasteiger partial charge in [-0.3, -0.25) is 4.79 Å². The molecule has 0 unspecified atom stereocenters. The second-order valence-corrected chi connectivity index (χ2v) is 4.64. The Morgan fingerprint density at radius 2 is 1.94 bits per heavy atom. The van der Waals surface area contributed by atoms with Crippen LogP contribution < -0.4 is 10.6 Å². The first-order valence-corrected chi connectivity index (χ1v) is 5.90. The first kappa shape index (κ1) is 11.6. The molecule has 3 nitrogen and oxygen atoms in total. The van der Waals surface area contributed by atoms with Gasteiger partial charge in [-0.25, -0.2) is 0 Å². The predicted octanol–water partition coefficient (Wildman–Crippen LogP) is 3.09. The summed E-state index contributed by atoms with van der Waals surface area (Å²) in [6, 6.07) is 3.24. The van der Waals surface area contributed by atoms with Gasteiger partial charge in [-0.1, -0.05) is 23.2 Å². The van der Waals surface area contributed by atoms with E-state index < -0.39 is 0 Å². The maximum Gasteiger partial charge on any atom is 0.227 e. The first-order valence-electron chi connectivity index (χ1n) is 5.14. The molecule has 1 heterocycles. The summed E-state index contributed by atoms with van der Waals surface area (Å²) in [7, 11) is 0. The molecule has 1 saturated heterocycles. The lowest BCUT2D eigenvalue weighted by atomic mass is 10.1. The molecule has 2 rings (SSSR count). The summed E-state index contributed by atoms with van der Waals surface area (Å²) in [5.41, 5.74) is 6.82. The fraction of sp³-hybridized carbons (Fsp3) is 0.364. The van der Waals surface area contributed by atoms with E-state index in [-0.39, 0.29) is 5.91 Å². The zero-order valence-electron chi connectivity index (χ0n) is 8.67. The van der Waals surface area contributed by atoms with Gasteiger partial charge in [-0.2, -0.15) is 0 Å². The van der Waals surface area contributed by atoms with Crippen molar-refractivity contribution in [1.82, 2.24) is 0 Å². The van der Waals surface area contributed by atoms with E-state index >= 15 is 0 Å². The van der Waals surface area contributed by atoms with E-state index in [0.717, 1.165) is 12.8 Å². The van der Waals surface area contributed by atoms with Crippen LogP contribution in [0.5, 0.6) is 0 Å². The van der Waals surface area contributed by atoms with E-state index in [1.165, 1.54) is 0 Å². The summed E-state index contributed by atoms with van der Waals surface area (Å²) >= 11 is 11.9. The van der Waals surface area contributed by atoms with Crippen molar-refractivity contribution in [3.8, 4) is 0 Å². The van der Waals surface area contributed by atoms with Gasteiger partial charge in [-0.05, 0) is 25.0 Å². The SMILES string of the molecule is Nc1cc(N2CCCCC2=O)c(Cl)cc1Cl. The maximum atomic E-state index is 11.7. The molecule has 1 aliphatic heterocycles. The average Bonchev–Trinajstić information content (AvgIpc) is 2.25. The van der Waals surface area contributed by atoms with Gasteiger partial charge in [0, 0.05) is 13.0 Å². The fourth-order valence-corrected chi connectivity index (χ4v) is 2.31. The topological polar surface area (TPSA) is 46.3 Å². The summed E-state index contributed by atoms with van der Waals surface area (Å²) in [5, 5.41) is 0.882. The predicted molar refractivity (Wildman–Crippen MR) is 67.1 cm³/mol. The van der Waals surface area contributed by atoms with Crippen molar-refractivity contribution < 1.29 is 4.79 Å². The Morgan fingerprint density at radius 3 is 2.62 bits per heavy atom. The molecular weight excluding hydrogens is 247 g/mol. The zero-order valence-corrected chi connectivity index (χ0v) is 10.2. The molecule has 86 valence electrons. The molecule has 1 amide bonds. The number of anilines is 2. The van der Waals surface area contributed by atoms with Crippen LogP contribution in [0, 0.1) is 0 Å². The van der Waals surface area contributed by atoms with Crippen LogP contribution >= 0.6 is 23.2 Å². The van der Waals surface area contributed by atoms with Crippen molar-refractivity contribution in [1.29, 1.82) is 0 Å². The number of nitrogens with two attached hydrogens (primary N) is 1. The van der Waals surface area contributed by atoms with E-state index in [1.54, 1.807) is 17.0 Å². The van der Waals surface area contributed by atoms with Gasteiger partial charge < -0.3 is 10.6 Å². The number of carbonyl (C=O) groups excluding carboxylic acids is 1. The number of hydrogen-bond donors (Lipinski definition) is 1. The first-order chi connectivity index (χ1) is 7.59. The lowest BCUT2D eigenvalue weighted by Gasteiger charge is -2.27. The van der Waals surface area contributed by atoms with Crippen molar-refractivity contribution in [2.75, 3.05) is 17.2 Å². The molecular formula is C11H12Cl2N2O. The maximum absolute atomic E-state index is 11.7. The van der Waals surface area contributed by atoms with E-state index in [1.807, 2.05) is 0 Å². The van der Waals surface area contributed by atoms with Crippen LogP contribution in [0.2, 0.25) is 10.0 Å². The molecule has 2 N–H and O–H groups in total. The molecule has 1 aromatic rings. The van der Waals surface area contributed by atoms with E-state index in [2.05, 4.69) is 0 Å². The number of amides is 1. The van der Waals surface area contributed by atoms with Crippen molar-refractivity contribution in [3.63, 3.8) is 0 Å². The highest BCUT2D eigenvalue weighted by atomic mass is 35.5. The third-order valence-electron chi connectivity index (χ3n) is 2.68. The van der Waals surface area contributed by atoms with Gasteiger partial charge in [0.25, 0.3) is 0 Å². The fourth-order valence-electron chi connectivity index (χ4n) is 1.82.